The summed E-state index contributed by atoms with van der Waals surface area (Å²) in [5.41, 5.74) is 2.19. The van der Waals surface area contributed by atoms with E-state index in [0.717, 1.165) is 30.2 Å². The molecule has 0 saturated carbocycles. The van der Waals surface area contributed by atoms with Crippen LogP contribution in [0, 0.1) is 11.6 Å². The number of halogens is 2. The number of hydrogen-bond acceptors (Lipinski definition) is 2. The van der Waals surface area contributed by atoms with E-state index in [0.29, 0.717) is 18.5 Å². The largest absolute Gasteiger partial charge is 0.289 e. The first kappa shape index (κ1) is 12.0. The predicted molar refractivity (Wildman–Crippen MR) is 60.5 cm³/mol. The van der Waals surface area contributed by atoms with Crippen LogP contribution in [0.3, 0.4) is 0 Å². The quantitative estimate of drug-likeness (QED) is 0.856. The maximum Gasteiger partial charge on any atom is 0.129 e. The summed E-state index contributed by atoms with van der Waals surface area (Å²) in [5.74, 6) is -1.15. The Morgan fingerprint density at radius 1 is 1.35 bits per heavy atom. The average Bonchev–Trinajstić information content (AvgIpc) is 2.26. The van der Waals surface area contributed by atoms with Crippen molar-refractivity contribution in [1.29, 1.82) is 0 Å². The first-order valence-electron chi connectivity index (χ1n) is 5.67. The second kappa shape index (κ2) is 4.84. The van der Waals surface area contributed by atoms with Gasteiger partial charge < -0.3 is 0 Å². The van der Waals surface area contributed by atoms with Crippen LogP contribution in [0.2, 0.25) is 0 Å². The molecule has 4 heteroatoms. The van der Waals surface area contributed by atoms with Crippen molar-refractivity contribution in [2.24, 2.45) is 0 Å². The molecule has 0 spiro atoms. The average molecular weight is 239 g/mol. The number of allylic oxidation sites excluding steroid dienone is 2. The Balaban J connectivity index is 2.25. The zero-order valence-corrected chi connectivity index (χ0v) is 9.71. The summed E-state index contributed by atoms with van der Waals surface area (Å²) in [6.07, 6.45) is 2.11. The first-order valence-corrected chi connectivity index (χ1v) is 5.67. The summed E-state index contributed by atoms with van der Waals surface area (Å²) in [7, 11) is 0. The van der Waals surface area contributed by atoms with Crippen LogP contribution >= 0.6 is 0 Å². The molecule has 2 rings (SSSR count). The molecule has 17 heavy (non-hydrogen) atoms. The van der Waals surface area contributed by atoms with E-state index in [2.05, 4.69) is 0 Å². The molecule has 0 atom stereocenters. The number of hydroxylamine groups is 2. The Labute approximate surface area is 99.1 Å². The van der Waals surface area contributed by atoms with Gasteiger partial charge in [0.15, 0.2) is 0 Å². The highest BCUT2D eigenvalue weighted by molar-refractivity contribution is 5.26. The second-order valence-electron chi connectivity index (χ2n) is 4.37. The van der Waals surface area contributed by atoms with Gasteiger partial charge in [0.05, 0.1) is 0 Å². The molecule has 2 nitrogen and oxygen atoms in total. The minimum absolute atomic E-state index is 0.300. The second-order valence-corrected chi connectivity index (χ2v) is 4.37. The molecular weight excluding hydrogens is 224 g/mol. The Morgan fingerprint density at radius 2 is 2.12 bits per heavy atom. The molecule has 0 aliphatic carbocycles. The summed E-state index contributed by atoms with van der Waals surface area (Å²) in [4.78, 5) is 0. The van der Waals surface area contributed by atoms with Gasteiger partial charge in [-0.15, -0.1) is 0 Å². The summed E-state index contributed by atoms with van der Waals surface area (Å²) < 4.78 is 26.3. The lowest BCUT2D eigenvalue weighted by molar-refractivity contribution is -0.0643. The van der Waals surface area contributed by atoms with Crippen LogP contribution in [0.15, 0.2) is 29.5 Å². The van der Waals surface area contributed by atoms with Gasteiger partial charge in [0.2, 0.25) is 0 Å². The molecule has 0 saturated heterocycles. The molecule has 0 aromatic heterocycles. The van der Waals surface area contributed by atoms with Crippen LogP contribution in [0.5, 0.6) is 0 Å². The van der Waals surface area contributed by atoms with E-state index >= 15 is 0 Å². The van der Waals surface area contributed by atoms with Gasteiger partial charge in [0, 0.05) is 24.7 Å². The zero-order chi connectivity index (χ0) is 12.4. The van der Waals surface area contributed by atoms with Gasteiger partial charge in [0.25, 0.3) is 0 Å². The fourth-order valence-electron chi connectivity index (χ4n) is 2.08. The SMILES string of the molecule is CC1=C(Cc2ccc(F)cc2F)N(O)CCC1. The van der Waals surface area contributed by atoms with E-state index in [9.17, 15) is 14.0 Å². The van der Waals surface area contributed by atoms with Crippen LogP contribution < -0.4 is 0 Å². The Morgan fingerprint density at radius 3 is 2.76 bits per heavy atom. The Bertz CT molecular complexity index is 457. The minimum Gasteiger partial charge on any atom is -0.289 e. The van der Waals surface area contributed by atoms with Gasteiger partial charge in [-0.2, -0.15) is 0 Å². The first-order chi connectivity index (χ1) is 8.08. The molecule has 92 valence electrons. The van der Waals surface area contributed by atoms with Gasteiger partial charge in [-0.05, 0) is 31.4 Å². The van der Waals surface area contributed by atoms with Gasteiger partial charge >= 0.3 is 0 Å². The number of rotatable bonds is 2. The lowest BCUT2D eigenvalue weighted by Gasteiger charge is -2.27. The molecule has 0 radical (unpaired) electrons. The van der Waals surface area contributed by atoms with Gasteiger partial charge in [-0.25, -0.2) is 8.78 Å². The highest BCUT2D eigenvalue weighted by atomic mass is 19.1. The normalized spacial score (nSPS) is 16.6. The minimum atomic E-state index is -0.582. The maximum atomic E-state index is 13.5. The van der Waals surface area contributed by atoms with Crippen LogP contribution in [0.25, 0.3) is 0 Å². The van der Waals surface area contributed by atoms with Crippen LogP contribution in [0.1, 0.15) is 25.3 Å². The highest BCUT2D eigenvalue weighted by Gasteiger charge is 2.17. The number of nitrogens with zero attached hydrogens (tertiary/aromatic N) is 1. The molecule has 0 amide bonds. The molecule has 0 bridgehead atoms. The van der Waals surface area contributed by atoms with E-state index in [4.69, 9.17) is 0 Å². The maximum absolute atomic E-state index is 13.5. The summed E-state index contributed by atoms with van der Waals surface area (Å²) in [6, 6.07) is 3.53. The molecule has 1 aromatic carbocycles. The predicted octanol–water partition coefficient (Wildman–Crippen LogP) is 3.27. The zero-order valence-electron chi connectivity index (χ0n) is 9.71. The van der Waals surface area contributed by atoms with Crippen LogP contribution in [-0.4, -0.2) is 16.8 Å². The fourth-order valence-corrected chi connectivity index (χ4v) is 2.08. The van der Waals surface area contributed by atoms with E-state index in [1.54, 1.807) is 0 Å². The molecule has 1 heterocycles. The third-order valence-corrected chi connectivity index (χ3v) is 3.10. The van der Waals surface area contributed by atoms with E-state index < -0.39 is 11.6 Å². The topological polar surface area (TPSA) is 23.5 Å². The standard InChI is InChI=1S/C13H15F2NO/c1-9-3-2-6-16(17)13(9)7-10-4-5-11(14)8-12(10)15/h4-5,8,17H,2-3,6-7H2,1H3. The number of hydrogen-bond donors (Lipinski definition) is 1. The summed E-state index contributed by atoms with van der Waals surface area (Å²) in [6.45, 7) is 2.49. The third kappa shape index (κ3) is 2.64. The number of benzene rings is 1. The summed E-state index contributed by atoms with van der Waals surface area (Å²) in [5, 5.41) is 10.9. The third-order valence-electron chi connectivity index (χ3n) is 3.10. The Kier molecular flexibility index (Phi) is 3.43. The van der Waals surface area contributed by atoms with Gasteiger partial charge in [-0.1, -0.05) is 11.6 Å². The highest BCUT2D eigenvalue weighted by Crippen LogP contribution is 2.24. The lowest BCUT2D eigenvalue weighted by atomic mass is 9.99. The summed E-state index contributed by atoms with van der Waals surface area (Å²) >= 11 is 0. The molecular formula is C13H15F2NO. The van der Waals surface area contributed by atoms with Crippen molar-refractivity contribution in [3.63, 3.8) is 0 Å². The molecule has 1 N–H and O–H groups in total. The van der Waals surface area contributed by atoms with Crippen molar-refractivity contribution >= 4 is 0 Å². The lowest BCUT2D eigenvalue weighted by Crippen LogP contribution is -2.26. The fraction of sp³-hybridized carbons (Fsp3) is 0.385. The van der Waals surface area contributed by atoms with Gasteiger partial charge in [-0.3, -0.25) is 10.3 Å². The molecule has 0 fully saturated rings. The smallest absolute Gasteiger partial charge is 0.129 e. The van der Waals surface area contributed by atoms with Crippen molar-refractivity contribution in [1.82, 2.24) is 5.06 Å². The molecule has 1 aromatic rings. The van der Waals surface area contributed by atoms with Crippen LogP contribution in [0.4, 0.5) is 8.78 Å². The van der Waals surface area contributed by atoms with Crippen molar-refractivity contribution in [2.45, 2.75) is 26.2 Å². The van der Waals surface area contributed by atoms with Crippen molar-refractivity contribution in [2.75, 3.05) is 6.54 Å². The van der Waals surface area contributed by atoms with Crippen LogP contribution in [-0.2, 0) is 6.42 Å². The van der Waals surface area contributed by atoms with Crippen molar-refractivity contribution in [3.05, 3.63) is 46.7 Å². The van der Waals surface area contributed by atoms with E-state index in [-0.39, 0.29) is 0 Å². The Hall–Kier alpha value is -1.42. The van der Waals surface area contributed by atoms with E-state index in [1.165, 1.54) is 17.2 Å². The molecule has 1 aliphatic heterocycles. The molecule has 0 unspecified atom stereocenters. The molecule has 1 aliphatic rings. The van der Waals surface area contributed by atoms with Crippen molar-refractivity contribution in [3.8, 4) is 0 Å². The van der Waals surface area contributed by atoms with Gasteiger partial charge in [0.1, 0.15) is 11.6 Å². The van der Waals surface area contributed by atoms with E-state index in [1.807, 2.05) is 6.92 Å². The monoisotopic (exact) mass is 239 g/mol. The van der Waals surface area contributed by atoms with Crippen molar-refractivity contribution < 1.29 is 14.0 Å².